The molecule has 0 aliphatic rings. The summed E-state index contributed by atoms with van der Waals surface area (Å²) in [6, 6.07) is 19.5. The number of fused-ring (bicyclic) bond motifs is 4. The number of hydrogen-bond acceptors (Lipinski definition) is 9. The fourth-order valence-corrected chi connectivity index (χ4v) is 6.89. The molecule has 1 unspecified atom stereocenters. The Morgan fingerprint density at radius 1 is 1.00 bits per heavy atom. The maximum Gasteiger partial charge on any atom is 0.459 e. The van der Waals surface area contributed by atoms with Crippen molar-refractivity contribution < 1.29 is 27.9 Å². The third-order valence-electron chi connectivity index (χ3n) is 7.64. The molecule has 0 bridgehead atoms. The standard InChI is InChI=1S/C35H44N5O6P/c1-8-43-21-30-38-31-32(27-15-11-12-16-28(27)37-33(31)36)40(30)29(22(2)3)20-44-47(42,39-23(4)34(41)45-35(5,6)7)46-26-18-17-24-13-9-10-14-25(24)19-26/h9-19,22-23,29H,8,20-21H2,1-7H3,(H2,36,37)(H,39,42)/t23-,29-,47?/m0/s1. The summed E-state index contributed by atoms with van der Waals surface area (Å²) in [6.07, 6.45) is 0. The molecule has 2 heterocycles. The van der Waals surface area contributed by atoms with E-state index in [9.17, 15) is 9.36 Å². The highest BCUT2D eigenvalue weighted by Gasteiger charge is 2.36. The van der Waals surface area contributed by atoms with E-state index in [2.05, 4.69) is 10.1 Å². The number of nitrogen functional groups attached to an aromatic ring is 1. The van der Waals surface area contributed by atoms with E-state index < -0.39 is 31.4 Å². The van der Waals surface area contributed by atoms with E-state index in [4.69, 9.17) is 29.2 Å². The summed E-state index contributed by atoms with van der Waals surface area (Å²) < 4.78 is 40.5. The molecule has 0 radical (unpaired) electrons. The van der Waals surface area contributed by atoms with Gasteiger partial charge in [-0.1, -0.05) is 62.4 Å². The number of para-hydroxylation sites is 1. The topological polar surface area (TPSA) is 140 Å². The summed E-state index contributed by atoms with van der Waals surface area (Å²) in [7, 11) is -4.20. The third-order valence-corrected chi connectivity index (χ3v) is 9.28. The predicted molar refractivity (Wildman–Crippen MR) is 185 cm³/mol. The van der Waals surface area contributed by atoms with Gasteiger partial charge < -0.3 is 24.3 Å². The summed E-state index contributed by atoms with van der Waals surface area (Å²) >= 11 is 0. The number of carbonyl (C=O) groups is 1. The van der Waals surface area contributed by atoms with Crippen LogP contribution in [0.25, 0.3) is 32.7 Å². The molecule has 0 spiro atoms. The zero-order valence-corrected chi connectivity index (χ0v) is 28.9. The number of esters is 1. The van der Waals surface area contributed by atoms with Crippen molar-refractivity contribution in [3.05, 3.63) is 72.6 Å². The number of imidazole rings is 1. The van der Waals surface area contributed by atoms with Crippen molar-refractivity contribution in [3.63, 3.8) is 0 Å². The Morgan fingerprint density at radius 3 is 2.40 bits per heavy atom. The minimum absolute atomic E-state index is 0.0293. The van der Waals surface area contributed by atoms with Crippen molar-refractivity contribution in [1.82, 2.24) is 19.6 Å². The number of carbonyl (C=O) groups excluding carboxylic acids is 1. The largest absolute Gasteiger partial charge is 0.459 e. The maximum absolute atomic E-state index is 14.6. The summed E-state index contributed by atoms with van der Waals surface area (Å²) in [5.74, 6) is 0.648. The first kappa shape index (κ1) is 34.3. The molecule has 3 aromatic carbocycles. The van der Waals surface area contributed by atoms with Crippen molar-refractivity contribution in [1.29, 1.82) is 0 Å². The van der Waals surface area contributed by atoms with E-state index in [1.807, 2.05) is 79.9 Å². The third kappa shape index (κ3) is 7.93. The lowest BCUT2D eigenvalue weighted by atomic mass is 10.0. The molecule has 0 aliphatic carbocycles. The van der Waals surface area contributed by atoms with Crippen LogP contribution in [0.5, 0.6) is 5.75 Å². The van der Waals surface area contributed by atoms with Crippen LogP contribution in [0.2, 0.25) is 0 Å². The Balaban J connectivity index is 1.55. The van der Waals surface area contributed by atoms with E-state index in [0.29, 0.717) is 29.5 Å². The Labute approximate surface area is 275 Å². The zero-order valence-electron chi connectivity index (χ0n) is 28.0. The number of aromatic nitrogens is 3. The Bertz CT molecular complexity index is 1940. The molecule has 0 amide bonds. The van der Waals surface area contributed by atoms with Gasteiger partial charge in [0.15, 0.2) is 5.82 Å². The van der Waals surface area contributed by atoms with Crippen LogP contribution < -0.4 is 15.3 Å². The van der Waals surface area contributed by atoms with Crippen LogP contribution in [0.15, 0.2) is 66.7 Å². The first-order valence-electron chi connectivity index (χ1n) is 15.8. The lowest BCUT2D eigenvalue weighted by molar-refractivity contribution is -0.156. The molecule has 11 nitrogen and oxygen atoms in total. The monoisotopic (exact) mass is 661 g/mol. The molecular weight excluding hydrogens is 617 g/mol. The number of nitrogens with zero attached hydrogens (tertiary/aromatic N) is 3. The van der Waals surface area contributed by atoms with Crippen molar-refractivity contribution >= 4 is 52.2 Å². The van der Waals surface area contributed by atoms with Crippen LogP contribution in [0.4, 0.5) is 5.82 Å². The molecule has 0 saturated heterocycles. The highest BCUT2D eigenvalue weighted by molar-refractivity contribution is 7.52. The number of nitrogens with one attached hydrogen (secondary N) is 1. The SMILES string of the molecule is CCOCc1nc2c(N)nc3ccccc3c2n1[C@@H](COP(=O)(N[C@@H](C)C(=O)OC(C)(C)C)Oc1ccc2ccccc2c1)C(C)C. The van der Waals surface area contributed by atoms with Gasteiger partial charge in [-0.15, -0.1) is 0 Å². The minimum atomic E-state index is -4.20. The molecule has 3 N–H and O–H groups in total. The molecule has 2 aromatic heterocycles. The lowest BCUT2D eigenvalue weighted by Gasteiger charge is -2.29. The van der Waals surface area contributed by atoms with Crippen molar-refractivity contribution in [2.45, 2.75) is 72.8 Å². The zero-order chi connectivity index (χ0) is 33.9. The number of pyridine rings is 1. The van der Waals surface area contributed by atoms with Gasteiger partial charge in [-0.25, -0.2) is 14.5 Å². The van der Waals surface area contributed by atoms with Gasteiger partial charge >= 0.3 is 13.7 Å². The number of nitrogens with two attached hydrogens (primary N) is 1. The summed E-state index contributed by atoms with van der Waals surface area (Å²) in [6.45, 7) is 13.5. The van der Waals surface area contributed by atoms with Crippen LogP contribution in [-0.2, 0) is 30.0 Å². The maximum atomic E-state index is 14.6. The van der Waals surface area contributed by atoms with Crippen LogP contribution in [0.1, 0.15) is 60.3 Å². The first-order chi connectivity index (χ1) is 22.3. The first-order valence-corrected chi connectivity index (χ1v) is 17.4. The minimum Gasteiger partial charge on any atom is -0.459 e. The number of anilines is 1. The van der Waals surface area contributed by atoms with Gasteiger partial charge in [0.05, 0.1) is 23.7 Å². The van der Waals surface area contributed by atoms with Gasteiger partial charge in [-0.05, 0) is 69.5 Å². The van der Waals surface area contributed by atoms with E-state index in [1.165, 1.54) is 0 Å². The summed E-state index contributed by atoms with van der Waals surface area (Å²) in [4.78, 5) is 22.4. The second-order valence-corrected chi connectivity index (χ2v) is 14.5. The highest BCUT2D eigenvalue weighted by atomic mass is 31.2. The van der Waals surface area contributed by atoms with Crippen LogP contribution in [0, 0.1) is 5.92 Å². The quantitative estimate of drug-likeness (QED) is 0.0959. The molecule has 5 rings (SSSR count). The van der Waals surface area contributed by atoms with Crippen LogP contribution in [-0.4, -0.2) is 45.4 Å². The smallest absolute Gasteiger partial charge is 0.459 e. The Morgan fingerprint density at radius 2 is 1.70 bits per heavy atom. The van der Waals surface area contributed by atoms with Gasteiger partial charge in [-0.3, -0.25) is 9.32 Å². The molecule has 47 heavy (non-hydrogen) atoms. The van der Waals surface area contributed by atoms with Gasteiger partial charge in [0.2, 0.25) is 0 Å². The lowest BCUT2D eigenvalue weighted by Crippen LogP contribution is -2.39. The average Bonchev–Trinajstić information content (AvgIpc) is 3.39. The molecule has 3 atom stereocenters. The normalized spacial score (nSPS) is 14.8. The number of hydrogen-bond donors (Lipinski definition) is 2. The van der Waals surface area contributed by atoms with E-state index in [1.54, 1.807) is 39.8 Å². The molecule has 5 aromatic rings. The van der Waals surface area contributed by atoms with Crippen molar-refractivity contribution in [2.75, 3.05) is 18.9 Å². The molecule has 0 fully saturated rings. The second-order valence-electron chi connectivity index (χ2n) is 12.8. The fraction of sp³-hybridized carbons (Fsp3) is 0.400. The Hall–Kier alpha value is -4.02. The number of benzene rings is 3. The van der Waals surface area contributed by atoms with E-state index in [-0.39, 0.29) is 19.1 Å². The second kappa shape index (κ2) is 14.0. The van der Waals surface area contributed by atoms with Gasteiger partial charge in [0.1, 0.15) is 35.3 Å². The molecular formula is C35H44N5O6P. The fourth-order valence-electron chi connectivity index (χ4n) is 5.39. The van der Waals surface area contributed by atoms with Crippen molar-refractivity contribution in [3.8, 4) is 5.75 Å². The molecule has 250 valence electrons. The molecule has 12 heteroatoms. The average molecular weight is 662 g/mol. The van der Waals surface area contributed by atoms with Crippen LogP contribution >= 0.6 is 7.75 Å². The number of rotatable bonds is 13. The highest BCUT2D eigenvalue weighted by Crippen LogP contribution is 2.47. The predicted octanol–water partition coefficient (Wildman–Crippen LogP) is 7.58. The Kier molecular flexibility index (Phi) is 10.2. The summed E-state index contributed by atoms with van der Waals surface area (Å²) in [5, 5.41) is 5.60. The van der Waals surface area contributed by atoms with Gasteiger partial charge in [-0.2, -0.15) is 5.09 Å². The van der Waals surface area contributed by atoms with Crippen LogP contribution in [0.3, 0.4) is 0 Å². The summed E-state index contributed by atoms with van der Waals surface area (Å²) in [5.41, 5.74) is 7.75. The van der Waals surface area contributed by atoms with Crippen molar-refractivity contribution in [2.24, 2.45) is 5.92 Å². The van der Waals surface area contributed by atoms with Gasteiger partial charge in [0, 0.05) is 12.0 Å². The van der Waals surface area contributed by atoms with E-state index >= 15 is 0 Å². The van der Waals surface area contributed by atoms with E-state index in [0.717, 1.165) is 27.2 Å². The molecule has 0 saturated carbocycles. The number of ether oxygens (including phenoxy) is 2. The van der Waals surface area contributed by atoms with Gasteiger partial charge in [0.25, 0.3) is 0 Å². The molecule has 0 aliphatic heterocycles.